The van der Waals surface area contributed by atoms with Gasteiger partial charge in [-0.3, -0.25) is 4.98 Å². The van der Waals surface area contributed by atoms with Crippen LogP contribution in [0.1, 0.15) is 50.1 Å². The maximum absolute atomic E-state index is 12.8. The van der Waals surface area contributed by atoms with E-state index in [2.05, 4.69) is 242 Å². The quantitative estimate of drug-likeness (QED) is 0.173. The minimum absolute atomic E-state index is 0.553. The second-order valence-corrected chi connectivity index (χ2v) is 21.0. The third-order valence-corrected chi connectivity index (χ3v) is 15.7. The summed E-state index contributed by atoms with van der Waals surface area (Å²) >= 11 is 0. The number of benzene rings is 9. The molecule has 74 heavy (non-hydrogen) atoms. The van der Waals surface area contributed by atoms with Crippen LogP contribution in [0.4, 0.5) is 0 Å². The summed E-state index contributed by atoms with van der Waals surface area (Å²) in [7, 11) is 0. The van der Waals surface area contributed by atoms with E-state index in [1.165, 1.54) is 55.3 Å². The Hall–Kier alpha value is -9.18. The molecule has 354 valence electrons. The van der Waals surface area contributed by atoms with Crippen LogP contribution in [0.15, 0.2) is 170 Å². The van der Waals surface area contributed by atoms with Crippen molar-refractivity contribution >= 4 is 87.2 Å². The second kappa shape index (κ2) is 15.9. The number of pyridine rings is 1. The molecule has 5 aromatic heterocycles. The van der Waals surface area contributed by atoms with Gasteiger partial charge in [0.05, 0.1) is 66.9 Å². The molecule has 0 saturated carbocycles. The fourth-order valence-electron chi connectivity index (χ4n) is 12.4. The Morgan fingerprint density at radius 3 is 0.811 bits per heavy atom. The highest BCUT2D eigenvalue weighted by Crippen LogP contribution is 2.52. The van der Waals surface area contributed by atoms with Crippen LogP contribution in [-0.2, 0) is 0 Å². The van der Waals surface area contributed by atoms with Gasteiger partial charge in [0, 0.05) is 61.0 Å². The highest BCUT2D eigenvalue weighted by Gasteiger charge is 2.35. The van der Waals surface area contributed by atoms with Crippen LogP contribution in [-0.4, -0.2) is 23.3 Å². The Bertz CT molecular complexity index is 4570. The Balaban J connectivity index is 1.37. The predicted octanol–water partition coefficient (Wildman–Crippen LogP) is 17.5. The van der Waals surface area contributed by atoms with Gasteiger partial charge >= 0.3 is 0 Å². The maximum atomic E-state index is 12.8. The molecule has 0 atom stereocenters. The van der Waals surface area contributed by atoms with Crippen molar-refractivity contribution in [3.63, 3.8) is 0 Å². The molecule has 14 rings (SSSR count). The number of aromatic nitrogens is 5. The van der Waals surface area contributed by atoms with E-state index in [1.807, 2.05) is 12.4 Å². The smallest absolute Gasteiger partial charge is 0.104 e. The van der Waals surface area contributed by atoms with Crippen molar-refractivity contribution in [2.24, 2.45) is 0 Å². The standard InChI is InChI=1S/C68H52N6/c1-38-9-17-56-47(29-38)48-30-39(2)10-18-57(48)71(56)65-55(37-69)66(72-58-19-11-40(3)31-49(58)50-32-41(4)12-20-59(50)72)68(74-62-23-15-44(7)35-53(62)54-36-45(8)16-24-63(54)74)67(64(65)46-25-27-70-28-26-46)73-60-21-13-42(5)33-51(60)52-34-43(6)14-22-61(52)73/h9-36H,1-8H3. The lowest BCUT2D eigenvalue weighted by Crippen LogP contribution is -2.16. The molecule has 0 saturated heterocycles. The number of hydrogen-bond acceptors (Lipinski definition) is 2. The van der Waals surface area contributed by atoms with Gasteiger partial charge in [0.1, 0.15) is 11.6 Å². The first-order valence-electron chi connectivity index (χ1n) is 25.6. The summed E-state index contributed by atoms with van der Waals surface area (Å²) in [5, 5.41) is 22.0. The van der Waals surface area contributed by atoms with Gasteiger partial charge in [0.2, 0.25) is 0 Å². The first-order chi connectivity index (χ1) is 35.9. The minimum Gasteiger partial charge on any atom is -0.307 e. The molecule has 6 heteroatoms. The SMILES string of the molecule is Cc1ccc2c(c1)c1cc(C)ccc1n2-c1c(C#N)c(-n2c3ccc(C)cc3c3cc(C)ccc32)c(-n2c3ccc(C)cc3c3cc(C)ccc32)c(-n2c3ccc(C)cc3c3cc(C)ccc32)c1-c1ccncc1. The van der Waals surface area contributed by atoms with Crippen LogP contribution < -0.4 is 0 Å². The Morgan fingerprint density at radius 1 is 0.297 bits per heavy atom. The summed E-state index contributed by atoms with van der Waals surface area (Å²) in [6.45, 7) is 17.4. The van der Waals surface area contributed by atoms with Crippen molar-refractivity contribution in [2.75, 3.05) is 0 Å². The molecule has 0 aliphatic heterocycles. The van der Waals surface area contributed by atoms with Gasteiger partial charge in [0.25, 0.3) is 0 Å². The van der Waals surface area contributed by atoms with E-state index in [9.17, 15) is 5.26 Å². The van der Waals surface area contributed by atoms with Crippen molar-refractivity contribution in [3.8, 4) is 39.9 Å². The highest BCUT2D eigenvalue weighted by molar-refractivity contribution is 6.17. The van der Waals surface area contributed by atoms with E-state index in [1.54, 1.807) is 0 Å². The normalized spacial score (nSPS) is 12.0. The van der Waals surface area contributed by atoms with Crippen molar-refractivity contribution in [1.29, 1.82) is 5.26 Å². The molecular weight excluding hydrogens is 901 g/mol. The first kappa shape index (κ1) is 43.6. The zero-order valence-electron chi connectivity index (χ0n) is 42.8. The van der Waals surface area contributed by atoms with Gasteiger partial charge in [-0.05, 0) is 170 Å². The molecule has 0 bridgehead atoms. The lowest BCUT2D eigenvalue weighted by molar-refractivity contribution is 1.03. The molecule has 0 fully saturated rings. The van der Waals surface area contributed by atoms with Crippen LogP contribution in [0.25, 0.3) is 121 Å². The van der Waals surface area contributed by atoms with E-state index in [4.69, 9.17) is 0 Å². The number of fused-ring (bicyclic) bond motifs is 12. The molecule has 0 N–H and O–H groups in total. The first-order valence-corrected chi connectivity index (χ1v) is 25.6. The van der Waals surface area contributed by atoms with Crippen LogP contribution in [0.3, 0.4) is 0 Å². The number of nitriles is 1. The summed E-state index contributed by atoms with van der Waals surface area (Å²) in [5.41, 5.74) is 23.7. The molecule has 6 nitrogen and oxygen atoms in total. The van der Waals surface area contributed by atoms with Crippen molar-refractivity contribution < 1.29 is 0 Å². The Morgan fingerprint density at radius 2 is 0.541 bits per heavy atom. The van der Waals surface area contributed by atoms with Gasteiger partial charge in [0.15, 0.2) is 0 Å². The van der Waals surface area contributed by atoms with Crippen molar-refractivity contribution in [2.45, 2.75) is 55.4 Å². The van der Waals surface area contributed by atoms with Gasteiger partial charge in [-0.2, -0.15) is 5.26 Å². The minimum atomic E-state index is 0.553. The average molecular weight is 953 g/mol. The van der Waals surface area contributed by atoms with E-state index >= 15 is 0 Å². The zero-order chi connectivity index (χ0) is 50.4. The molecule has 0 radical (unpaired) electrons. The molecule has 0 spiro atoms. The molecule has 5 heterocycles. The van der Waals surface area contributed by atoms with Crippen LogP contribution in [0, 0.1) is 66.7 Å². The predicted molar refractivity (Wildman–Crippen MR) is 310 cm³/mol. The largest absolute Gasteiger partial charge is 0.307 e. The zero-order valence-corrected chi connectivity index (χ0v) is 42.8. The number of aryl methyl sites for hydroxylation is 8. The van der Waals surface area contributed by atoms with Gasteiger partial charge in [-0.15, -0.1) is 0 Å². The van der Waals surface area contributed by atoms with Gasteiger partial charge in [-0.1, -0.05) is 93.0 Å². The van der Waals surface area contributed by atoms with Gasteiger partial charge < -0.3 is 18.3 Å². The third-order valence-electron chi connectivity index (χ3n) is 15.7. The Labute approximate surface area is 429 Å². The van der Waals surface area contributed by atoms with Crippen LogP contribution in [0.5, 0.6) is 0 Å². The molecule has 0 aliphatic rings. The van der Waals surface area contributed by atoms with Crippen molar-refractivity contribution in [3.05, 3.63) is 220 Å². The monoisotopic (exact) mass is 952 g/mol. The summed E-state index contributed by atoms with van der Waals surface area (Å²) in [5.74, 6) is 0. The van der Waals surface area contributed by atoms with Crippen LogP contribution in [0.2, 0.25) is 0 Å². The summed E-state index contributed by atoms with van der Waals surface area (Å²) in [6, 6.07) is 61.9. The molecule has 14 aromatic rings. The molecule has 0 aliphatic carbocycles. The van der Waals surface area contributed by atoms with Crippen LogP contribution >= 0.6 is 0 Å². The topological polar surface area (TPSA) is 56.4 Å². The van der Waals surface area contributed by atoms with E-state index in [0.717, 1.165) is 110 Å². The second-order valence-electron chi connectivity index (χ2n) is 21.0. The van der Waals surface area contributed by atoms with Crippen molar-refractivity contribution in [1.82, 2.24) is 23.3 Å². The highest BCUT2D eigenvalue weighted by atomic mass is 15.1. The van der Waals surface area contributed by atoms with E-state index < -0.39 is 0 Å². The maximum Gasteiger partial charge on any atom is 0.104 e. The molecule has 0 unspecified atom stereocenters. The average Bonchev–Trinajstić information content (AvgIpc) is 4.12. The number of hydrogen-bond donors (Lipinski definition) is 0. The van der Waals surface area contributed by atoms with E-state index in [-0.39, 0.29) is 0 Å². The third kappa shape index (κ3) is 6.20. The molecule has 9 aromatic carbocycles. The Kier molecular flexibility index (Phi) is 9.37. The summed E-state index contributed by atoms with van der Waals surface area (Å²) in [6.07, 6.45) is 3.78. The molecule has 0 amide bonds. The fraction of sp³-hybridized carbons (Fsp3) is 0.118. The lowest BCUT2D eigenvalue weighted by Gasteiger charge is -2.29. The fourth-order valence-corrected chi connectivity index (χ4v) is 12.4. The summed E-state index contributed by atoms with van der Waals surface area (Å²) in [4.78, 5) is 4.66. The van der Waals surface area contributed by atoms with E-state index in [0.29, 0.717) is 5.56 Å². The number of rotatable bonds is 5. The lowest BCUT2D eigenvalue weighted by atomic mass is 9.93. The van der Waals surface area contributed by atoms with Gasteiger partial charge in [-0.25, -0.2) is 0 Å². The molecular formula is C68H52N6. The number of nitrogens with zero attached hydrogens (tertiary/aromatic N) is 6. The summed E-state index contributed by atoms with van der Waals surface area (Å²) < 4.78 is 9.83.